The van der Waals surface area contributed by atoms with E-state index in [-0.39, 0.29) is 0 Å². The molecule has 2 heteroatoms. The Balaban J connectivity index is 4.06. The van der Waals surface area contributed by atoms with Gasteiger partial charge in [-0.3, -0.25) is 0 Å². The molecule has 0 heterocycles. The molecule has 0 amide bonds. The Morgan fingerprint density at radius 3 is 0.523 bits per heavy atom. The maximum atomic E-state index is 7.40. The Labute approximate surface area is 286 Å². The molecule has 1 nitrogen and oxygen atoms in total. The molecule has 0 rings (SSSR count). The van der Waals surface area contributed by atoms with Crippen molar-refractivity contribution in [2.24, 2.45) is 3.96 Å². The summed E-state index contributed by atoms with van der Waals surface area (Å²) in [5, 5.41) is 0. The van der Waals surface area contributed by atoms with E-state index in [0.717, 1.165) is 0 Å². The van der Waals surface area contributed by atoms with Gasteiger partial charge in [-0.05, 0) is 0 Å². The third-order valence-corrected chi connectivity index (χ3v) is 22.1. The second-order valence-electron chi connectivity index (χ2n) is 15.3. The number of hydrogen-bond donors (Lipinski definition) is 1. The second kappa shape index (κ2) is 38.2. The predicted molar refractivity (Wildman–Crippen MR) is 208 cm³/mol. The molecule has 0 unspecified atom stereocenters. The Morgan fingerprint density at radius 2 is 0.364 bits per heavy atom. The normalized spacial score (nSPS) is 12.0. The SMILES string of the molecule is CCCCCCCCCCCCC[CH2][Sn]([NH2])([CH2]CCCCCCCCCCCCC)[CH2]CCCCCCCCCCCCC. The molecule has 0 spiro atoms. The maximum absolute atomic E-state index is 7.40. The number of nitrogens with two attached hydrogens (primary N) is 1. The zero-order chi connectivity index (χ0) is 32.1. The van der Waals surface area contributed by atoms with Crippen LogP contribution in [0.25, 0.3) is 0 Å². The molecule has 0 aliphatic heterocycles. The van der Waals surface area contributed by atoms with Gasteiger partial charge in [0.1, 0.15) is 0 Å². The van der Waals surface area contributed by atoms with Crippen LogP contribution in [0.5, 0.6) is 0 Å². The van der Waals surface area contributed by atoms with Gasteiger partial charge in [-0.1, -0.05) is 40.0 Å². The van der Waals surface area contributed by atoms with E-state index in [4.69, 9.17) is 3.96 Å². The molecule has 0 saturated heterocycles. The first-order valence-corrected chi connectivity index (χ1v) is 29.2. The summed E-state index contributed by atoms with van der Waals surface area (Å²) in [5.74, 6) is 0. The van der Waals surface area contributed by atoms with Gasteiger partial charge >= 0.3 is 248 Å². The topological polar surface area (TPSA) is 26.0 Å². The van der Waals surface area contributed by atoms with E-state index in [2.05, 4.69) is 20.8 Å². The standard InChI is InChI=1S/3C14H29.H2N.Sn/c3*1-3-5-7-9-11-13-14-12-10-8-6-4-2;;/h3*1,3-14H2,2H3;1H2;/q;;;-1;+1. The Morgan fingerprint density at radius 1 is 0.227 bits per heavy atom. The summed E-state index contributed by atoms with van der Waals surface area (Å²) >= 11 is -2.39. The molecule has 0 fully saturated rings. The van der Waals surface area contributed by atoms with Gasteiger partial charge in [-0.25, -0.2) is 0 Å². The fourth-order valence-electron chi connectivity index (χ4n) is 7.33. The van der Waals surface area contributed by atoms with Gasteiger partial charge in [0.2, 0.25) is 0 Å². The quantitative estimate of drug-likeness (QED) is 0.0495. The first-order chi connectivity index (χ1) is 21.7. The van der Waals surface area contributed by atoms with Crippen LogP contribution in [0.3, 0.4) is 0 Å². The fraction of sp³-hybridized carbons (Fsp3) is 1.00. The summed E-state index contributed by atoms with van der Waals surface area (Å²) < 4.78 is 11.9. The summed E-state index contributed by atoms with van der Waals surface area (Å²) in [6, 6.07) is 0. The van der Waals surface area contributed by atoms with Crippen LogP contribution in [-0.4, -0.2) is 18.7 Å². The van der Waals surface area contributed by atoms with E-state index in [0.29, 0.717) is 0 Å². The van der Waals surface area contributed by atoms with Gasteiger partial charge in [0, 0.05) is 0 Å². The molecule has 44 heavy (non-hydrogen) atoms. The molecule has 0 bridgehead atoms. The molecular weight excluding hydrogens is 637 g/mol. The van der Waals surface area contributed by atoms with Crippen molar-refractivity contribution >= 4 is 18.7 Å². The van der Waals surface area contributed by atoms with E-state index in [9.17, 15) is 0 Å². The van der Waals surface area contributed by atoms with Crippen molar-refractivity contribution in [1.82, 2.24) is 0 Å². The molecule has 0 aliphatic carbocycles. The van der Waals surface area contributed by atoms with E-state index < -0.39 is 18.7 Å². The van der Waals surface area contributed by atoms with Crippen LogP contribution in [0.2, 0.25) is 13.3 Å². The smallest absolute Gasteiger partial charge is 0.0654 e. The van der Waals surface area contributed by atoms with Gasteiger partial charge < -0.3 is 0 Å². The van der Waals surface area contributed by atoms with Crippen molar-refractivity contribution < 1.29 is 0 Å². The minimum absolute atomic E-state index is 1.37. The van der Waals surface area contributed by atoms with E-state index in [1.165, 1.54) is 244 Å². The third-order valence-electron chi connectivity index (χ3n) is 10.6. The summed E-state index contributed by atoms with van der Waals surface area (Å²) in [6.07, 6.45) is 52.5. The fourth-order valence-corrected chi connectivity index (χ4v) is 17.6. The molecule has 266 valence electrons. The zero-order valence-corrected chi connectivity index (χ0v) is 34.5. The van der Waals surface area contributed by atoms with Gasteiger partial charge in [0.25, 0.3) is 0 Å². The molecule has 0 aliphatic rings. The van der Waals surface area contributed by atoms with Crippen LogP contribution >= 0.6 is 0 Å². The van der Waals surface area contributed by atoms with Crippen molar-refractivity contribution in [2.75, 3.05) is 0 Å². The van der Waals surface area contributed by atoms with Crippen molar-refractivity contribution in [1.29, 1.82) is 0 Å². The number of rotatable bonds is 39. The van der Waals surface area contributed by atoms with Crippen molar-refractivity contribution in [3.63, 3.8) is 0 Å². The zero-order valence-electron chi connectivity index (χ0n) is 31.7. The molecule has 0 aromatic rings. The van der Waals surface area contributed by atoms with Crippen LogP contribution in [0, 0.1) is 0 Å². The minimum atomic E-state index is -2.39. The van der Waals surface area contributed by atoms with Gasteiger partial charge in [0.15, 0.2) is 0 Å². The van der Waals surface area contributed by atoms with Crippen molar-refractivity contribution in [2.45, 2.75) is 265 Å². The minimum Gasteiger partial charge on any atom is -0.0654 e. The van der Waals surface area contributed by atoms with E-state index >= 15 is 0 Å². The molecule has 0 atom stereocenters. The van der Waals surface area contributed by atoms with Gasteiger partial charge in [-0.2, -0.15) is 0 Å². The molecule has 0 radical (unpaired) electrons. The van der Waals surface area contributed by atoms with E-state index in [1.807, 2.05) is 0 Å². The Bertz CT molecular complexity index is 437. The Hall–Kier alpha value is 0.759. The first-order valence-electron chi connectivity index (χ1n) is 21.5. The predicted octanol–water partition coefficient (Wildman–Crippen LogP) is 16.0. The van der Waals surface area contributed by atoms with Crippen LogP contribution < -0.4 is 3.96 Å². The van der Waals surface area contributed by atoms with E-state index in [1.54, 1.807) is 0 Å². The molecule has 2 N–H and O–H groups in total. The first kappa shape index (κ1) is 44.8. The number of hydrogen-bond acceptors (Lipinski definition) is 1. The molecule has 0 aromatic carbocycles. The van der Waals surface area contributed by atoms with Crippen LogP contribution in [0.1, 0.15) is 252 Å². The summed E-state index contributed by atoms with van der Waals surface area (Å²) in [7, 11) is 0. The molecule has 0 aromatic heterocycles. The summed E-state index contributed by atoms with van der Waals surface area (Å²) in [4.78, 5) is 0. The van der Waals surface area contributed by atoms with Crippen LogP contribution in [-0.2, 0) is 0 Å². The Kier molecular flexibility index (Phi) is 38.9. The van der Waals surface area contributed by atoms with Gasteiger partial charge in [-0.15, -0.1) is 0 Å². The molecular formula is C42H89NSn. The third kappa shape index (κ3) is 35.6. The second-order valence-corrected chi connectivity index (χ2v) is 27.3. The average Bonchev–Trinajstić information content (AvgIpc) is 3.02. The summed E-state index contributed by atoms with van der Waals surface area (Å²) in [5.41, 5.74) is 0. The average molecular weight is 727 g/mol. The van der Waals surface area contributed by atoms with Crippen molar-refractivity contribution in [3.8, 4) is 0 Å². The van der Waals surface area contributed by atoms with Gasteiger partial charge in [0.05, 0.1) is 0 Å². The van der Waals surface area contributed by atoms with Crippen LogP contribution in [0.4, 0.5) is 0 Å². The monoisotopic (exact) mass is 728 g/mol. The number of unbranched alkanes of at least 4 members (excludes halogenated alkanes) is 33. The van der Waals surface area contributed by atoms with Crippen molar-refractivity contribution in [3.05, 3.63) is 0 Å². The molecule has 0 saturated carbocycles. The van der Waals surface area contributed by atoms with Crippen LogP contribution in [0.15, 0.2) is 0 Å². The summed E-state index contributed by atoms with van der Waals surface area (Å²) in [6.45, 7) is 6.95.